The molecule has 0 fully saturated rings. The first kappa shape index (κ1) is 7.47. The Balaban J connectivity index is 3.31. The highest BCUT2D eigenvalue weighted by Crippen LogP contribution is 2.27. The minimum absolute atomic E-state index is 0.117. The summed E-state index contributed by atoms with van der Waals surface area (Å²) < 4.78 is 24.5. The second kappa shape index (κ2) is 2.54. The summed E-state index contributed by atoms with van der Waals surface area (Å²) in [5, 5.41) is 8.75. The molecule has 4 heteroatoms. The van der Waals surface area contributed by atoms with E-state index in [0.29, 0.717) is 6.07 Å². The largest absolute Gasteiger partial charge is 0.507 e. The molecule has 0 spiro atoms. The second-order valence-electron chi connectivity index (χ2n) is 1.72. The smallest absolute Gasteiger partial charge is 0.144 e. The van der Waals surface area contributed by atoms with Crippen molar-refractivity contribution in [2.75, 3.05) is 0 Å². The second-order valence-corrected chi connectivity index (χ2v) is 2.51. The molecule has 0 bridgehead atoms. The Labute approximate surface area is 64.4 Å². The summed E-state index contributed by atoms with van der Waals surface area (Å²) in [6.07, 6.45) is 0. The highest BCUT2D eigenvalue weighted by atomic mass is 79.9. The summed E-state index contributed by atoms with van der Waals surface area (Å²) in [4.78, 5) is 0. The molecule has 0 heterocycles. The van der Waals surface area contributed by atoms with Gasteiger partial charge < -0.3 is 5.11 Å². The van der Waals surface area contributed by atoms with Gasteiger partial charge in [0.15, 0.2) is 0 Å². The summed E-state index contributed by atoms with van der Waals surface area (Å²) in [7, 11) is 0. The Morgan fingerprint density at radius 1 is 1.30 bits per heavy atom. The van der Waals surface area contributed by atoms with Crippen LogP contribution < -0.4 is 0 Å². The van der Waals surface area contributed by atoms with Crippen molar-refractivity contribution in [2.45, 2.75) is 0 Å². The van der Waals surface area contributed by atoms with Crippen LogP contribution in [0.4, 0.5) is 8.78 Å². The summed E-state index contributed by atoms with van der Waals surface area (Å²) >= 11 is 2.72. The Kier molecular flexibility index (Phi) is 1.89. The number of hydrogen-bond donors (Lipinski definition) is 1. The Hall–Kier alpha value is -0.640. The first-order chi connectivity index (χ1) is 4.61. The third-order valence-corrected chi connectivity index (χ3v) is 1.76. The minimum atomic E-state index is -0.808. The van der Waals surface area contributed by atoms with Crippen molar-refractivity contribution in [3.05, 3.63) is 28.2 Å². The average molecular weight is 209 g/mol. The summed E-state index contributed by atoms with van der Waals surface area (Å²) in [5.41, 5.74) is 0. The maximum Gasteiger partial charge on any atom is 0.144 e. The summed E-state index contributed by atoms with van der Waals surface area (Å²) in [6, 6.07) is 1.51. The quantitative estimate of drug-likeness (QED) is 0.650. The predicted octanol–water partition coefficient (Wildman–Crippen LogP) is 2.43. The van der Waals surface area contributed by atoms with E-state index in [4.69, 9.17) is 5.11 Å². The summed E-state index contributed by atoms with van der Waals surface area (Å²) in [6.45, 7) is 0. The fourth-order valence-corrected chi connectivity index (χ4v) is 0.771. The predicted molar refractivity (Wildman–Crippen MR) is 35.7 cm³/mol. The van der Waals surface area contributed by atoms with Crippen molar-refractivity contribution in [1.82, 2.24) is 0 Å². The molecule has 0 aromatic heterocycles. The first-order valence-electron chi connectivity index (χ1n) is 2.45. The topological polar surface area (TPSA) is 20.2 Å². The zero-order valence-corrected chi connectivity index (χ0v) is 6.32. The molecule has 0 atom stereocenters. The van der Waals surface area contributed by atoms with Gasteiger partial charge in [0.25, 0.3) is 0 Å². The third-order valence-electron chi connectivity index (χ3n) is 0.974. The Morgan fingerprint density at radius 2 is 1.90 bits per heavy atom. The fraction of sp³-hybridized carbons (Fsp3) is 0. The van der Waals surface area contributed by atoms with Crippen LogP contribution in [0.1, 0.15) is 0 Å². The number of benzene rings is 1. The zero-order valence-electron chi connectivity index (χ0n) is 4.74. The highest BCUT2D eigenvalue weighted by molar-refractivity contribution is 9.10. The van der Waals surface area contributed by atoms with Gasteiger partial charge in [0.05, 0.1) is 4.47 Å². The number of halogens is 3. The lowest BCUT2D eigenvalue weighted by molar-refractivity contribution is 0.455. The van der Waals surface area contributed by atoms with Crippen molar-refractivity contribution in [3.8, 4) is 5.75 Å². The molecule has 1 aromatic rings. The van der Waals surface area contributed by atoms with Crippen LogP contribution >= 0.6 is 15.9 Å². The highest BCUT2D eigenvalue weighted by Gasteiger charge is 2.05. The van der Waals surface area contributed by atoms with Crippen molar-refractivity contribution < 1.29 is 13.9 Å². The van der Waals surface area contributed by atoms with Gasteiger partial charge in [-0.05, 0) is 15.9 Å². The van der Waals surface area contributed by atoms with E-state index in [1.165, 1.54) is 0 Å². The molecule has 0 aliphatic carbocycles. The maximum atomic E-state index is 12.4. The van der Waals surface area contributed by atoms with E-state index >= 15 is 0 Å². The Bertz CT molecular complexity index is 239. The number of phenols is 1. The monoisotopic (exact) mass is 208 g/mol. The van der Waals surface area contributed by atoms with Crippen molar-refractivity contribution in [1.29, 1.82) is 0 Å². The standard InChI is InChI=1S/C6H3BrF2O/c7-6-4(9)1-3(8)2-5(6)10/h1-2,10H. The molecule has 1 aromatic carbocycles. The van der Waals surface area contributed by atoms with E-state index in [0.717, 1.165) is 6.07 Å². The van der Waals surface area contributed by atoms with Crippen LogP contribution in [0.25, 0.3) is 0 Å². The van der Waals surface area contributed by atoms with Gasteiger partial charge in [0.2, 0.25) is 0 Å². The maximum absolute atomic E-state index is 12.4. The van der Waals surface area contributed by atoms with Gasteiger partial charge in [0.1, 0.15) is 17.4 Å². The lowest BCUT2D eigenvalue weighted by Gasteiger charge is -1.96. The molecule has 1 nitrogen and oxygen atoms in total. The van der Waals surface area contributed by atoms with Gasteiger partial charge in [0, 0.05) is 12.1 Å². The van der Waals surface area contributed by atoms with E-state index in [1.807, 2.05) is 0 Å². The fourth-order valence-electron chi connectivity index (χ4n) is 0.542. The van der Waals surface area contributed by atoms with Crippen LogP contribution in [0.15, 0.2) is 16.6 Å². The molecule has 0 unspecified atom stereocenters. The zero-order chi connectivity index (χ0) is 7.72. The van der Waals surface area contributed by atoms with Crippen LogP contribution in [-0.2, 0) is 0 Å². The molecule has 0 aliphatic rings. The van der Waals surface area contributed by atoms with Crippen LogP contribution in [0.5, 0.6) is 5.75 Å². The molecule has 0 saturated heterocycles. The Morgan fingerprint density at radius 3 is 2.40 bits per heavy atom. The van der Waals surface area contributed by atoms with E-state index in [1.54, 1.807) is 0 Å². The number of hydrogen-bond acceptors (Lipinski definition) is 1. The van der Waals surface area contributed by atoms with Crippen molar-refractivity contribution in [2.24, 2.45) is 0 Å². The number of aromatic hydroxyl groups is 1. The summed E-state index contributed by atoms with van der Waals surface area (Å²) in [5.74, 6) is -2.03. The van der Waals surface area contributed by atoms with Crippen LogP contribution in [0.3, 0.4) is 0 Å². The van der Waals surface area contributed by atoms with Crippen LogP contribution in [-0.4, -0.2) is 5.11 Å². The van der Waals surface area contributed by atoms with Gasteiger partial charge in [-0.25, -0.2) is 8.78 Å². The molecule has 0 radical (unpaired) electrons. The normalized spacial score (nSPS) is 9.90. The number of phenolic OH excluding ortho intramolecular Hbond substituents is 1. The van der Waals surface area contributed by atoms with Gasteiger partial charge in [-0.15, -0.1) is 0 Å². The van der Waals surface area contributed by atoms with Crippen LogP contribution in [0.2, 0.25) is 0 Å². The molecule has 54 valence electrons. The average Bonchev–Trinajstić information content (AvgIpc) is 1.82. The molecule has 0 saturated carbocycles. The minimum Gasteiger partial charge on any atom is -0.507 e. The molecular weight excluding hydrogens is 206 g/mol. The third kappa shape index (κ3) is 1.26. The van der Waals surface area contributed by atoms with E-state index in [-0.39, 0.29) is 4.47 Å². The van der Waals surface area contributed by atoms with Crippen LogP contribution in [0, 0.1) is 11.6 Å². The molecule has 1 N–H and O–H groups in total. The molecule has 0 aliphatic heterocycles. The molecule has 10 heavy (non-hydrogen) atoms. The molecule has 0 amide bonds. The molecular formula is C6H3BrF2O. The number of rotatable bonds is 0. The van der Waals surface area contributed by atoms with E-state index in [9.17, 15) is 8.78 Å². The lowest BCUT2D eigenvalue weighted by Crippen LogP contribution is -1.80. The van der Waals surface area contributed by atoms with Gasteiger partial charge in [-0.1, -0.05) is 0 Å². The van der Waals surface area contributed by atoms with Crippen molar-refractivity contribution >= 4 is 15.9 Å². The van der Waals surface area contributed by atoms with Gasteiger partial charge in [-0.3, -0.25) is 0 Å². The first-order valence-corrected chi connectivity index (χ1v) is 3.24. The SMILES string of the molecule is Oc1cc(F)cc(F)c1Br. The van der Waals surface area contributed by atoms with E-state index < -0.39 is 17.4 Å². The van der Waals surface area contributed by atoms with E-state index in [2.05, 4.69) is 15.9 Å². The molecule has 1 rings (SSSR count). The lowest BCUT2D eigenvalue weighted by atomic mass is 10.3. The van der Waals surface area contributed by atoms with Gasteiger partial charge >= 0.3 is 0 Å². The van der Waals surface area contributed by atoms with Gasteiger partial charge in [-0.2, -0.15) is 0 Å². The van der Waals surface area contributed by atoms with Crippen molar-refractivity contribution in [3.63, 3.8) is 0 Å².